The van der Waals surface area contributed by atoms with Crippen molar-refractivity contribution in [1.82, 2.24) is 5.32 Å². The molecule has 2 aromatic carbocycles. The van der Waals surface area contributed by atoms with Gasteiger partial charge in [0.15, 0.2) is 0 Å². The Morgan fingerprint density at radius 3 is 2.44 bits per heavy atom. The number of nitriles is 1. The zero-order chi connectivity index (χ0) is 23.3. The number of nitrogens with zero attached hydrogens (tertiary/aromatic N) is 1. The molecular weight excluding hydrogens is 440 g/mol. The molecule has 1 heterocycles. The number of para-hydroxylation sites is 1. The number of ether oxygens (including phenoxy) is 1. The zero-order valence-corrected chi connectivity index (χ0v) is 17.5. The Morgan fingerprint density at radius 1 is 1.16 bits per heavy atom. The summed E-state index contributed by atoms with van der Waals surface area (Å²) in [6.45, 7) is 0. The highest BCUT2D eigenvalue weighted by Gasteiger charge is 2.45. The molecule has 2 N–H and O–H groups in total. The summed E-state index contributed by atoms with van der Waals surface area (Å²) in [5.74, 6) is -6.61. The van der Waals surface area contributed by atoms with E-state index in [0.717, 1.165) is 24.9 Å². The lowest BCUT2D eigenvalue weighted by atomic mass is 9.78. The van der Waals surface area contributed by atoms with E-state index < -0.39 is 41.3 Å². The van der Waals surface area contributed by atoms with Crippen molar-refractivity contribution >= 4 is 35.2 Å². The number of thioether (sulfide) groups is 1. The molecule has 0 unspecified atom stereocenters. The van der Waals surface area contributed by atoms with Crippen LogP contribution in [-0.2, 0) is 19.1 Å². The van der Waals surface area contributed by atoms with E-state index in [0.29, 0.717) is 0 Å². The quantitative estimate of drug-likeness (QED) is 0.510. The number of anilines is 1. The second-order valence-electron chi connectivity index (χ2n) is 6.66. The van der Waals surface area contributed by atoms with E-state index in [2.05, 4.69) is 10.6 Å². The number of amides is 2. The molecule has 10 heteroatoms. The number of methoxy groups -OCH3 is 1. The molecule has 0 radical (unpaired) electrons. The summed E-state index contributed by atoms with van der Waals surface area (Å²) >= 11 is 0.809. The molecular formula is C22H17F2N3O4S. The Hall–Kier alpha value is -3.71. The van der Waals surface area contributed by atoms with Crippen LogP contribution in [0.5, 0.6) is 0 Å². The van der Waals surface area contributed by atoms with Gasteiger partial charge in [-0.1, -0.05) is 42.1 Å². The first-order valence-electron chi connectivity index (χ1n) is 9.32. The highest BCUT2D eigenvalue weighted by molar-refractivity contribution is 8.03. The molecule has 7 nitrogen and oxygen atoms in total. The SMILES string of the molecule is COC(=O)[C@@H]1C(=O)NC(SCC(=O)Nc2ccccc2F)=C(C#N)[C@H]1c1ccccc1F. The third kappa shape index (κ3) is 4.78. The van der Waals surface area contributed by atoms with Crippen LogP contribution in [0.25, 0.3) is 0 Å². The molecule has 0 bridgehead atoms. The maximum absolute atomic E-state index is 14.6. The number of nitrogens with one attached hydrogen (secondary N) is 2. The van der Waals surface area contributed by atoms with Crippen LogP contribution in [0, 0.1) is 28.9 Å². The van der Waals surface area contributed by atoms with Gasteiger partial charge < -0.3 is 15.4 Å². The van der Waals surface area contributed by atoms with Crippen molar-refractivity contribution in [1.29, 1.82) is 5.26 Å². The molecule has 0 saturated heterocycles. The summed E-state index contributed by atoms with van der Waals surface area (Å²) in [6.07, 6.45) is 0. The number of esters is 1. The minimum Gasteiger partial charge on any atom is -0.468 e. The average Bonchev–Trinajstić information content (AvgIpc) is 2.78. The molecule has 2 atom stereocenters. The predicted molar refractivity (Wildman–Crippen MR) is 113 cm³/mol. The molecule has 1 aliphatic rings. The second kappa shape index (κ2) is 10.1. The third-order valence-corrected chi connectivity index (χ3v) is 5.74. The fraction of sp³-hybridized carbons (Fsp3) is 0.182. The number of rotatable bonds is 6. The standard InChI is InChI=1S/C22H17F2N3O4S/c1-31-22(30)19-18(12-6-2-3-7-14(12)23)13(10-25)21(27-20(19)29)32-11-17(28)26-16-9-5-4-8-15(16)24/h2-9,18-19H,11H2,1H3,(H,26,28)(H,27,29)/t18-,19+/m1/s1. The van der Waals surface area contributed by atoms with E-state index in [1.807, 2.05) is 6.07 Å². The lowest BCUT2D eigenvalue weighted by Gasteiger charge is -2.31. The first kappa shape index (κ1) is 23.0. The smallest absolute Gasteiger partial charge is 0.319 e. The molecule has 164 valence electrons. The van der Waals surface area contributed by atoms with Gasteiger partial charge in [0.2, 0.25) is 11.8 Å². The topological polar surface area (TPSA) is 108 Å². The number of carbonyl (C=O) groups excluding carboxylic acids is 3. The van der Waals surface area contributed by atoms with Gasteiger partial charge in [0.1, 0.15) is 17.6 Å². The molecule has 0 aliphatic carbocycles. The predicted octanol–water partition coefficient (Wildman–Crippen LogP) is 3.07. The van der Waals surface area contributed by atoms with Gasteiger partial charge >= 0.3 is 5.97 Å². The van der Waals surface area contributed by atoms with Crippen molar-refractivity contribution < 1.29 is 27.9 Å². The van der Waals surface area contributed by atoms with E-state index in [4.69, 9.17) is 4.74 Å². The van der Waals surface area contributed by atoms with E-state index in [-0.39, 0.29) is 27.6 Å². The summed E-state index contributed by atoms with van der Waals surface area (Å²) in [5.41, 5.74) is -0.132. The fourth-order valence-electron chi connectivity index (χ4n) is 3.27. The summed E-state index contributed by atoms with van der Waals surface area (Å²) in [5, 5.41) is 14.6. The molecule has 0 saturated carbocycles. The second-order valence-corrected chi connectivity index (χ2v) is 7.65. The van der Waals surface area contributed by atoms with Crippen LogP contribution in [-0.4, -0.2) is 30.6 Å². The van der Waals surface area contributed by atoms with Crippen molar-refractivity contribution in [2.75, 3.05) is 18.2 Å². The lowest BCUT2D eigenvalue weighted by molar-refractivity contribution is -0.150. The first-order chi connectivity index (χ1) is 15.4. The van der Waals surface area contributed by atoms with Gasteiger partial charge in [-0.3, -0.25) is 14.4 Å². The van der Waals surface area contributed by atoms with Gasteiger partial charge in [0.25, 0.3) is 0 Å². The summed E-state index contributed by atoms with van der Waals surface area (Å²) < 4.78 is 33.0. The molecule has 2 aromatic rings. The van der Waals surface area contributed by atoms with E-state index in [1.165, 1.54) is 36.4 Å². The number of hydrogen-bond acceptors (Lipinski definition) is 6. The van der Waals surface area contributed by atoms with Gasteiger partial charge in [-0.05, 0) is 23.8 Å². The van der Waals surface area contributed by atoms with Crippen molar-refractivity contribution in [3.05, 3.63) is 76.3 Å². The van der Waals surface area contributed by atoms with Crippen LogP contribution in [0.3, 0.4) is 0 Å². The normalized spacial score (nSPS) is 17.9. The molecule has 0 spiro atoms. The summed E-state index contributed by atoms with van der Waals surface area (Å²) in [6, 6.07) is 13.0. The Balaban J connectivity index is 1.92. The van der Waals surface area contributed by atoms with Gasteiger partial charge in [-0.2, -0.15) is 5.26 Å². The largest absolute Gasteiger partial charge is 0.468 e. The summed E-state index contributed by atoms with van der Waals surface area (Å²) in [4.78, 5) is 37.3. The lowest BCUT2D eigenvalue weighted by Crippen LogP contribution is -2.44. The number of hydrogen-bond donors (Lipinski definition) is 2. The number of halogens is 2. The number of benzene rings is 2. The van der Waals surface area contributed by atoms with E-state index >= 15 is 0 Å². The highest BCUT2D eigenvalue weighted by atomic mass is 32.2. The Morgan fingerprint density at radius 2 is 1.81 bits per heavy atom. The van der Waals surface area contributed by atoms with Crippen LogP contribution in [0.15, 0.2) is 59.1 Å². The minimum atomic E-state index is -1.48. The average molecular weight is 457 g/mol. The monoisotopic (exact) mass is 457 g/mol. The minimum absolute atomic E-state index is 0.00888. The van der Waals surface area contributed by atoms with Crippen molar-refractivity contribution in [3.8, 4) is 6.07 Å². The van der Waals surface area contributed by atoms with Crippen LogP contribution < -0.4 is 10.6 Å². The molecule has 32 heavy (non-hydrogen) atoms. The Kier molecular flexibility index (Phi) is 7.22. The molecule has 2 amide bonds. The highest BCUT2D eigenvalue weighted by Crippen LogP contribution is 2.41. The zero-order valence-electron chi connectivity index (χ0n) is 16.7. The maximum Gasteiger partial charge on any atom is 0.319 e. The summed E-state index contributed by atoms with van der Waals surface area (Å²) in [7, 11) is 1.08. The van der Waals surface area contributed by atoms with Crippen LogP contribution in [0.4, 0.5) is 14.5 Å². The van der Waals surface area contributed by atoms with Crippen molar-refractivity contribution in [2.24, 2.45) is 5.92 Å². The Bertz CT molecular complexity index is 1150. The molecule has 3 rings (SSSR count). The van der Waals surface area contributed by atoms with E-state index in [9.17, 15) is 28.4 Å². The van der Waals surface area contributed by atoms with Gasteiger partial charge in [-0.15, -0.1) is 0 Å². The third-order valence-electron chi connectivity index (χ3n) is 4.72. The van der Waals surface area contributed by atoms with E-state index in [1.54, 1.807) is 6.07 Å². The van der Waals surface area contributed by atoms with Gasteiger partial charge in [-0.25, -0.2) is 8.78 Å². The fourth-order valence-corrected chi connectivity index (χ4v) is 4.12. The van der Waals surface area contributed by atoms with Gasteiger partial charge in [0.05, 0.1) is 35.2 Å². The van der Waals surface area contributed by atoms with Crippen molar-refractivity contribution in [3.63, 3.8) is 0 Å². The molecule has 1 aliphatic heterocycles. The Labute approximate surface area is 186 Å². The number of carbonyl (C=O) groups is 3. The van der Waals surface area contributed by atoms with Crippen LogP contribution in [0.1, 0.15) is 11.5 Å². The maximum atomic E-state index is 14.6. The van der Waals surface area contributed by atoms with Crippen molar-refractivity contribution in [2.45, 2.75) is 5.92 Å². The first-order valence-corrected chi connectivity index (χ1v) is 10.3. The molecule has 0 aromatic heterocycles. The molecule has 0 fully saturated rings. The number of allylic oxidation sites excluding steroid dienone is 1. The van der Waals surface area contributed by atoms with Crippen LogP contribution in [0.2, 0.25) is 0 Å². The van der Waals surface area contributed by atoms with Gasteiger partial charge in [0, 0.05) is 5.92 Å². The van der Waals surface area contributed by atoms with Crippen LogP contribution >= 0.6 is 11.8 Å².